The van der Waals surface area contributed by atoms with E-state index in [1.165, 1.54) is 46.5 Å². The zero-order valence-electron chi connectivity index (χ0n) is 36.9. The second-order valence-corrected chi connectivity index (χ2v) is 18.6. The highest BCUT2D eigenvalue weighted by Gasteiger charge is 2.54. The van der Waals surface area contributed by atoms with Crippen molar-refractivity contribution in [3.63, 3.8) is 0 Å². The van der Waals surface area contributed by atoms with E-state index in [0.29, 0.717) is 22.3 Å². The zero-order chi connectivity index (χ0) is 46.0. The number of benzene rings is 9. The Balaban J connectivity index is 1.12. The highest BCUT2D eigenvalue weighted by molar-refractivity contribution is 6.00. The minimum absolute atomic E-state index is 0.201. The second-order valence-electron chi connectivity index (χ2n) is 18.6. The number of fused-ring (bicyclic) bond motifs is 13. The van der Waals surface area contributed by atoms with Crippen molar-refractivity contribution in [1.29, 1.82) is 0 Å². The summed E-state index contributed by atoms with van der Waals surface area (Å²) in [5.74, 6) is -3.20. The maximum absolute atomic E-state index is 15.5. The lowest BCUT2D eigenvalue weighted by Crippen LogP contribution is -2.27. The van der Waals surface area contributed by atoms with Gasteiger partial charge in [0.25, 0.3) is 5.92 Å². The third kappa shape index (κ3) is 5.98. The fourth-order valence-corrected chi connectivity index (χ4v) is 11.5. The minimum atomic E-state index is -4.64. The molecule has 326 valence electrons. The molecule has 6 heteroatoms. The Morgan fingerprint density at radius 1 is 0.373 bits per heavy atom. The van der Waals surface area contributed by atoms with Gasteiger partial charge in [0.15, 0.2) is 0 Å². The third-order valence-corrected chi connectivity index (χ3v) is 14.5. The predicted octanol–water partition coefficient (Wildman–Crippen LogP) is 17.3. The first-order chi connectivity index (χ1) is 32.3. The molecule has 0 bridgehead atoms. The van der Waals surface area contributed by atoms with E-state index in [-0.39, 0.29) is 11.0 Å². The van der Waals surface area contributed by atoms with Gasteiger partial charge < -0.3 is 4.90 Å². The van der Waals surface area contributed by atoms with Gasteiger partial charge in [-0.1, -0.05) is 166 Å². The first-order valence-electron chi connectivity index (χ1n) is 22.5. The quantitative estimate of drug-likeness (QED) is 0.150. The van der Waals surface area contributed by atoms with Crippen molar-refractivity contribution in [3.05, 3.63) is 245 Å². The van der Waals surface area contributed by atoms with Crippen molar-refractivity contribution < 1.29 is 22.0 Å². The molecule has 0 saturated carbocycles. The second kappa shape index (κ2) is 14.5. The van der Waals surface area contributed by atoms with Crippen molar-refractivity contribution in [2.45, 2.75) is 43.7 Å². The van der Waals surface area contributed by atoms with Gasteiger partial charge in [-0.05, 0) is 132 Å². The average Bonchev–Trinajstić information content (AvgIpc) is 3.89. The summed E-state index contributed by atoms with van der Waals surface area (Å²) in [6.45, 7) is 5.41. The van der Waals surface area contributed by atoms with E-state index in [1.54, 1.807) is 6.07 Å². The molecule has 0 fully saturated rings. The van der Waals surface area contributed by atoms with Crippen LogP contribution in [0.5, 0.6) is 0 Å². The molecule has 3 aliphatic rings. The summed E-state index contributed by atoms with van der Waals surface area (Å²) < 4.78 is 75.4. The molecule has 0 radical (unpaired) electrons. The molecule has 0 saturated heterocycles. The lowest BCUT2D eigenvalue weighted by Gasteiger charge is -2.33. The van der Waals surface area contributed by atoms with Crippen LogP contribution in [0.2, 0.25) is 0 Å². The summed E-state index contributed by atoms with van der Waals surface area (Å²) in [5.41, 5.74) is 14.2. The van der Waals surface area contributed by atoms with Gasteiger partial charge in [0.05, 0.1) is 16.7 Å². The Labute approximate surface area is 386 Å². The number of rotatable bonds is 6. The van der Waals surface area contributed by atoms with E-state index >= 15 is 8.78 Å². The van der Waals surface area contributed by atoms with E-state index in [9.17, 15) is 13.2 Å². The summed E-state index contributed by atoms with van der Waals surface area (Å²) in [5, 5.41) is 0. The average molecular weight is 884 g/mol. The van der Waals surface area contributed by atoms with Crippen LogP contribution in [0.15, 0.2) is 200 Å². The van der Waals surface area contributed by atoms with Crippen LogP contribution in [0, 0.1) is 0 Å². The molecule has 67 heavy (non-hydrogen) atoms. The number of hydrogen-bond acceptors (Lipinski definition) is 1. The SMILES string of the molecule is CC(F)(F)c1ccc2c(c1)C1(c3cc(C(F)(F)F)ccc3-2)c2ccccc2-c2cccc(-c3cccc(N(c4ccc5c(c4)C(C)(C)c4ccccc4-5)c4ccccc4-c4ccccc4)c3)c21. The maximum atomic E-state index is 15.5. The molecule has 1 spiro atoms. The molecule has 9 aromatic rings. The highest BCUT2D eigenvalue weighted by atomic mass is 19.4. The summed E-state index contributed by atoms with van der Waals surface area (Å²) in [6, 6.07) is 64.5. The van der Waals surface area contributed by atoms with Crippen molar-refractivity contribution >= 4 is 17.1 Å². The zero-order valence-corrected chi connectivity index (χ0v) is 36.9. The van der Waals surface area contributed by atoms with E-state index in [4.69, 9.17) is 0 Å². The lowest BCUT2D eigenvalue weighted by atomic mass is 9.68. The van der Waals surface area contributed by atoms with E-state index in [2.05, 4.69) is 110 Å². The molecular formula is C61H42F5N. The van der Waals surface area contributed by atoms with Gasteiger partial charge in [-0.3, -0.25) is 0 Å². The maximum Gasteiger partial charge on any atom is 0.416 e. The Hall–Kier alpha value is -7.57. The van der Waals surface area contributed by atoms with Gasteiger partial charge in [-0.25, -0.2) is 8.78 Å². The minimum Gasteiger partial charge on any atom is -0.310 e. The van der Waals surface area contributed by atoms with Crippen LogP contribution in [-0.2, 0) is 22.9 Å². The predicted molar refractivity (Wildman–Crippen MR) is 260 cm³/mol. The van der Waals surface area contributed by atoms with Gasteiger partial charge in [0, 0.05) is 34.8 Å². The Morgan fingerprint density at radius 2 is 0.881 bits per heavy atom. The van der Waals surface area contributed by atoms with Gasteiger partial charge >= 0.3 is 6.18 Å². The van der Waals surface area contributed by atoms with Crippen molar-refractivity contribution in [3.8, 4) is 55.6 Å². The molecule has 1 unspecified atom stereocenters. The lowest BCUT2D eigenvalue weighted by molar-refractivity contribution is -0.137. The smallest absolute Gasteiger partial charge is 0.310 e. The van der Waals surface area contributed by atoms with Crippen molar-refractivity contribution in [1.82, 2.24) is 0 Å². The fraction of sp³-hybridized carbons (Fsp3) is 0.115. The number of nitrogens with zero attached hydrogens (tertiary/aromatic N) is 1. The number of alkyl halides is 5. The van der Waals surface area contributed by atoms with Crippen molar-refractivity contribution in [2.24, 2.45) is 0 Å². The first-order valence-corrected chi connectivity index (χ1v) is 22.5. The molecule has 12 rings (SSSR count). The standard InChI is InChI=1S/C61H42F5N/c1-58(2)51-24-10-7-20-45(51)47-32-29-42(36-53(47)58)67(56-26-12-9-19-43(56)37-15-5-4-6-16-37)41-18-13-17-38(33-41)44-22-14-23-50-46-21-8-11-25-52(46)60(57(44)50)54-34-39(59(3,62)63)27-30-48(54)49-31-28-40(35-55(49)60)61(64,65)66/h4-36H,1-3H3. The normalized spacial score (nSPS) is 15.9. The summed E-state index contributed by atoms with van der Waals surface area (Å²) in [6.07, 6.45) is -4.64. The summed E-state index contributed by atoms with van der Waals surface area (Å²) in [7, 11) is 0. The molecule has 0 heterocycles. The Kier molecular flexibility index (Phi) is 8.83. The van der Waals surface area contributed by atoms with Crippen LogP contribution in [-0.4, -0.2) is 0 Å². The topological polar surface area (TPSA) is 3.24 Å². The molecule has 0 aromatic heterocycles. The molecule has 9 aromatic carbocycles. The molecular weight excluding hydrogens is 842 g/mol. The number of anilines is 3. The van der Waals surface area contributed by atoms with Crippen molar-refractivity contribution in [2.75, 3.05) is 4.90 Å². The van der Waals surface area contributed by atoms with Gasteiger partial charge in [-0.15, -0.1) is 0 Å². The van der Waals surface area contributed by atoms with Gasteiger partial charge in [0.1, 0.15) is 0 Å². The molecule has 0 aliphatic heterocycles. The molecule has 0 N–H and O–H groups in total. The Bertz CT molecular complexity index is 3420. The summed E-state index contributed by atoms with van der Waals surface area (Å²) in [4.78, 5) is 2.30. The van der Waals surface area contributed by atoms with Crippen LogP contribution in [0.25, 0.3) is 55.6 Å². The first kappa shape index (κ1) is 40.9. The summed E-state index contributed by atoms with van der Waals surface area (Å²) >= 11 is 0. The number of hydrogen-bond donors (Lipinski definition) is 0. The largest absolute Gasteiger partial charge is 0.416 e. The van der Waals surface area contributed by atoms with Crippen LogP contribution in [0.4, 0.5) is 39.0 Å². The van der Waals surface area contributed by atoms with Gasteiger partial charge in [-0.2, -0.15) is 13.2 Å². The van der Waals surface area contributed by atoms with E-state index < -0.39 is 23.1 Å². The highest BCUT2D eigenvalue weighted by Crippen LogP contribution is 2.65. The molecule has 1 nitrogen and oxygen atoms in total. The molecule has 0 amide bonds. The van der Waals surface area contributed by atoms with Crippen LogP contribution >= 0.6 is 0 Å². The van der Waals surface area contributed by atoms with Crippen LogP contribution < -0.4 is 4.90 Å². The third-order valence-electron chi connectivity index (χ3n) is 14.5. The fourth-order valence-electron chi connectivity index (χ4n) is 11.5. The number of halogens is 5. The van der Waals surface area contributed by atoms with Crippen LogP contribution in [0.3, 0.4) is 0 Å². The van der Waals surface area contributed by atoms with E-state index in [0.717, 1.165) is 74.6 Å². The Morgan fingerprint density at radius 3 is 1.60 bits per heavy atom. The number of para-hydroxylation sites is 1. The van der Waals surface area contributed by atoms with Crippen LogP contribution in [0.1, 0.15) is 65.3 Å². The van der Waals surface area contributed by atoms with E-state index in [1.807, 2.05) is 72.8 Å². The molecule has 1 atom stereocenters. The monoisotopic (exact) mass is 883 g/mol. The van der Waals surface area contributed by atoms with Gasteiger partial charge in [0.2, 0.25) is 0 Å². The molecule has 3 aliphatic carbocycles.